The van der Waals surface area contributed by atoms with E-state index in [1.165, 1.54) is 0 Å². The quantitative estimate of drug-likeness (QED) is 0.461. The first-order valence-corrected chi connectivity index (χ1v) is 11.4. The fraction of sp³-hybridized carbons (Fsp3) is 0.280. The van der Waals surface area contributed by atoms with Crippen LogP contribution in [0.5, 0.6) is 0 Å². The summed E-state index contributed by atoms with van der Waals surface area (Å²) in [6.45, 7) is 3.29. The topological polar surface area (TPSA) is 103 Å². The van der Waals surface area contributed by atoms with E-state index in [-0.39, 0.29) is 11.8 Å². The lowest BCUT2D eigenvalue weighted by Gasteiger charge is -2.20. The molecule has 4 rings (SSSR count). The van der Waals surface area contributed by atoms with Crippen molar-refractivity contribution in [2.24, 2.45) is 0 Å². The van der Waals surface area contributed by atoms with E-state index in [1.54, 1.807) is 30.4 Å². The van der Waals surface area contributed by atoms with Crippen LogP contribution in [0.2, 0.25) is 0 Å². The fourth-order valence-electron chi connectivity index (χ4n) is 3.80. The molecule has 176 valence electrons. The van der Waals surface area contributed by atoms with Crippen LogP contribution in [0.15, 0.2) is 59.3 Å². The summed E-state index contributed by atoms with van der Waals surface area (Å²) in [5, 5.41) is 25.2. The summed E-state index contributed by atoms with van der Waals surface area (Å²) in [6.07, 6.45) is 3.78. The average molecular weight is 479 g/mol. The first-order valence-electron chi connectivity index (χ1n) is 11.0. The average Bonchev–Trinajstić information content (AvgIpc) is 2.81. The van der Waals surface area contributed by atoms with Crippen LogP contribution >= 0.6 is 11.6 Å². The van der Waals surface area contributed by atoms with Crippen LogP contribution in [-0.4, -0.2) is 58.3 Å². The number of fused-ring (bicyclic) bond motifs is 1. The maximum Gasteiger partial charge on any atom is 0.251 e. The van der Waals surface area contributed by atoms with Gasteiger partial charge in [-0.2, -0.15) is 0 Å². The number of nitrogens with zero attached hydrogens (tertiary/aromatic N) is 4. The van der Waals surface area contributed by atoms with Gasteiger partial charge in [-0.3, -0.25) is 4.79 Å². The zero-order valence-corrected chi connectivity index (χ0v) is 20.1. The summed E-state index contributed by atoms with van der Waals surface area (Å²) < 4.78 is 0. The van der Waals surface area contributed by atoms with Crippen LogP contribution in [0.1, 0.15) is 33.8 Å². The molecule has 0 aliphatic heterocycles. The molecule has 0 saturated carbocycles. The highest BCUT2D eigenvalue weighted by Gasteiger charge is 2.21. The van der Waals surface area contributed by atoms with E-state index in [0.717, 1.165) is 23.2 Å². The molecule has 0 bridgehead atoms. The van der Waals surface area contributed by atoms with Crippen molar-refractivity contribution in [3.8, 4) is 0 Å². The van der Waals surface area contributed by atoms with Crippen molar-refractivity contribution in [1.82, 2.24) is 25.4 Å². The normalized spacial score (nSPS) is 15.7. The van der Waals surface area contributed by atoms with E-state index in [9.17, 15) is 9.90 Å². The highest BCUT2D eigenvalue weighted by molar-refractivity contribution is 6.30. The molecule has 1 atom stereocenters. The monoisotopic (exact) mass is 478 g/mol. The van der Waals surface area contributed by atoms with Gasteiger partial charge in [-0.15, -0.1) is 10.2 Å². The highest BCUT2D eigenvalue weighted by atomic mass is 35.5. The van der Waals surface area contributed by atoms with Crippen LogP contribution in [0.3, 0.4) is 0 Å². The van der Waals surface area contributed by atoms with Gasteiger partial charge in [0.25, 0.3) is 5.91 Å². The number of aliphatic hydroxyl groups is 1. The molecule has 1 amide bonds. The van der Waals surface area contributed by atoms with Crippen molar-refractivity contribution in [3.63, 3.8) is 0 Å². The molecule has 2 aromatic carbocycles. The van der Waals surface area contributed by atoms with E-state index in [2.05, 4.69) is 25.8 Å². The summed E-state index contributed by atoms with van der Waals surface area (Å²) in [6, 6.07) is 11.1. The Morgan fingerprint density at radius 2 is 2.03 bits per heavy atom. The van der Waals surface area contributed by atoms with E-state index in [4.69, 9.17) is 11.6 Å². The van der Waals surface area contributed by atoms with Gasteiger partial charge in [0.1, 0.15) is 5.52 Å². The highest BCUT2D eigenvalue weighted by Crippen LogP contribution is 2.37. The molecule has 0 fully saturated rings. The lowest BCUT2D eigenvalue weighted by Crippen LogP contribution is -2.31. The number of anilines is 2. The second-order valence-electron chi connectivity index (χ2n) is 8.57. The van der Waals surface area contributed by atoms with E-state index >= 15 is 0 Å². The molecule has 3 N–H and O–H groups in total. The maximum atomic E-state index is 12.4. The molecular weight excluding hydrogens is 452 g/mol. The van der Waals surface area contributed by atoms with Crippen molar-refractivity contribution >= 4 is 40.2 Å². The number of aliphatic hydroxyl groups excluding tert-OH is 1. The van der Waals surface area contributed by atoms with Gasteiger partial charge in [0.2, 0.25) is 5.95 Å². The molecule has 8 nitrogen and oxygen atoms in total. The van der Waals surface area contributed by atoms with E-state index < -0.39 is 0 Å². The second kappa shape index (κ2) is 10.2. The van der Waals surface area contributed by atoms with Crippen LogP contribution in [0.4, 0.5) is 11.6 Å². The van der Waals surface area contributed by atoms with Gasteiger partial charge in [-0.05, 0) is 68.6 Å². The number of likely N-dealkylation sites (N-methyl/N-ethyl adjacent to an activating group) is 1. The number of aryl methyl sites for hydroxylation is 1. The van der Waals surface area contributed by atoms with Crippen molar-refractivity contribution in [2.45, 2.75) is 19.3 Å². The molecule has 34 heavy (non-hydrogen) atoms. The summed E-state index contributed by atoms with van der Waals surface area (Å²) in [7, 11) is 3.92. The molecule has 1 aliphatic rings. The minimum Gasteiger partial charge on any atom is -0.512 e. The Morgan fingerprint density at radius 1 is 1.21 bits per heavy atom. The lowest BCUT2D eigenvalue weighted by atomic mass is 9.90. The molecule has 1 heterocycles. The summed E-state index contributed by atoms with van der Waals surface area (Å²) in [5.41, 5.74) is 4.49. The zero-order chi connectivity index (χ0) is 24.2. The van der Waals surface area contributed by atoms with Gasteiger partial charge in [-0.25, -0.2) is 4.98 Å². The Labute approximate surface area is 203 Å². The number of carbonyl (C=O) groups is 1. The maximum absolute atomic E-state index is 12.4. The SMILES string of the molecule is Cc1cc(C2CC(O)=CC=C2Cl)cc2nnc(Nc3cccc(C(=O)NCCN(C)C)c3)nc12. The van der Waals surface area contributed by atoms with Crippen molar-refractivity contribution in [2.75, 3.05) is 32.5 Å². The largest absolute Gasteiger partial charge is 0.512 e. The number of allylic oxidation sites excluding steroid dienone is 4. The van der Waals surface area contributed by atoms with E-state index in [0.29, 0.717) is 46.5 Å². The Hall–Kier alpha value is -3.49. The number of nitrogens with one attached hydrogen (secondary N) is 2. The van der Waals surface area contributed by atoms with Crippen LogP contribution in [0.25, 0.3) is 11.0 Å². The third-order valence-electron chi connectivity index (χ3n) is 5.58. The minimum atomic E-state index is -0.136. The van der Waals surface area contributed by atoms with Crippen LogP contribution in [-0.2, 0) is 0 Å². The predicted molar refractivity (Wildman–Crippen MR) is 135 cm³/mol. The Bertz CT molecular complexity index is 1290. The predicted octanol–water partition coefficient (Wildman–Crippen LogP) is 4.42. The molecule has 0 saturated heterocycles. The molecule has 1 unspecified atom stereocenters. The van der Waals surface area contributed by atoms with Crippen molar-refractivity contribution in [3.05, 3.63) is 76.0 Å². The number of benzene rings is 2. The standard InChI is InChI=1S/C25H27ClN6O2/c1-15-11-17(20-14-19(33)7-8-21(20)26)13-22-23(15)29-25(31-30-22)28-18-6-4-5-16(12-18)24(34)27-9-10-32(2)3/h4-8,11-13,20,33H,9-10,14H2,1-3H3,(H,27,34)(H,28,29,31). The van der Waals surface area contributed by atoms with Gasteiger partial charge < -0.3 is 20.6 Å². The Morgan fingerprint density at radius 3 is 2.82 bits per heavy atom. The van der Waals surface area contributed by atoms with Crippen molar-refractivity contribution in [1.29, 1.82) is 0 Å². The number of aromatic nitrogens is 3. The number of amides is 1. The number of hydrogen-bond acceptors (Lipinski definition) is 7. The van der Waals surface area contributed by atoms with Crippen LogP contribution in [0, 0.1) is 6.92 Å². The third kappa shape index (κ3) is 5.52. The number of carbonyl (C=O) groups excluding carboxylic acids is 1. The second-order valence-corrected chi connectivity index (χ2v) is 9.01. The number of hydrogen-bond donors (Lipinski definition) is 3. The van der Waals surface area contributed by atoms with Gasteiger partial charge in [-0.1, -0.05) is 23.7 Å². The minimum absolute atomic E-state index is 0.124. The third-order valence-corrected chi connectivity index (χ3v) is 5.97. The molecule has 1 aliphatic carbocycles. The van der Waals surface area contributed by atoms with Gasteiger partial charge in [0.05, 0.1) is 11.3 Å². The van der Waals surface area contributed by atoms with Gasteiger partial charge in [0.15, 0.2) is 0 Å². The molecule has 0 spiro atoms. The van der Waals surface area contributed by atoms with Crippen LogP contribution < -0.4 is 10.6 Å². The fourth-order valence-corrected chi connectivity index (χ4v) is 4.07. The molecule has 9 heteroatoms. The van der Waals surface area contributed by atoms with Gasteiger partial charge >= 0.3 is 0 Å². The van der Waals surface area contributed by atoms with Crippen molar-refractivity contribution < 1.29 is 9.90 Å². The number of halogens is 1. The van der Waals surface area contributed by atoms with Gasteiger partial charge in [0, 0.05) is 41.7 Å². The number of rotatable bonds is 7. The lowest BCUT2D eigenvalue weighted by molar-refractivity contribution is 0.0951. The summed E-state index contributed by atoms with van der Waals surface area (Å²) in [4.78, 5) is 19.1. The molecular formula is C25H27ClN6O2. The van der Waals surface area contributed by atoms with E-state index in [1.807, 2.05) is 44.1 Å². The summed E-state index contributed by atoms with van der Waals surface area (Å²) in [5.74, 6) is 0.373. The molecule has 1 aromatic heterocycles. The molecule has 3 aromatic rings. The Balaban J connectivity index is 1.53. The first-order chi connectivity index (χ1) is 16.3. The Kier molecular flexibility index (Phi) is 7.09. The summed E-state index contributed by atoms with van der Waals surface area (Å²) >= 11 is 6.39. The smallest absolute Gasteiger partial charge is 0.251 e. The molecule has 0 radical (unpaired) electrons. The zero-order valence-electron chi connectivity index (χ0n) is 19.3. The first kappa shape index (κ1) is 23.7.